The first kappa shape index (κ1) is 16.6. The molecule has 0 bridgehead atoms. The molecule has 0 atom stereocenters. The number of carbonyl (C=O) groups excluding carboxylic acids is 2. The maximum Gasteiger partial charge on any atom is 0.274 e. The lowest BCUT2D eigenvalue weighted by molar-refractivity contribution is -0.385. The van der Waals surface area contributed by atoms with E-state index in [0.717, 1.165) is 12.8 Å². The van der Waals surface area contributed by atoms with E-state index in [0.29, 0.717) is 22.5 Å². The Bertz CT molecular complexity index is 859. The highest BCUT2D eigenvalue weighted by atomic mass is 16.6. The van der Waals surface area contributed by atoms with Crippen molar-refractivity contribution in [2.45, 2.75) is 19.8 Å². The number of hydrogen-bond donors (Lipinski definition) is 2. The molecule has 7 nitrogen and oxygen atoms in total. The van der Waals surface area contributed by atoms with E-state index in [1.165, 1.54) is 12.1 Å². The van der Waals surface area contributed by atoms with Gasteiger partial charge < -0.3 is 10.6 Å². The molecule has 7 heteroatoms. The Morgan fingerprint density at radius 3 is 2.52 bits per heavy atom. The van der Waals surface area contributed by atoms with Crippen LogP contribution in [-0.4, -0.2) is 16.7 Å². The van der Waals surface area contributed by atoms with Crippen molar-refractivity contribution in [3.8, 4) is 0 Å². The molecule has 1 aliphatic rings. The first-order valence-corrected chi connectivity index (χ1v) is 7.92. The van der Waals surface area contributed by atoms with Crippen LogP contribution in [0.25, 0.3) is 0 Å². The number of rotatable bonds is 5. The summed E-state index contributed by atoms with van der Waals surface area (Å²) in [6.45, 7) is 1.58. The second kappa shape index (κ2) is 6.72. The highest BCUT2D eigenvalue weighted by Gasteiger charge is 2.29. The molecule has 1 aliphatic carbocycles. The summed E-state index contributed by atoms with van der Waals surface area (Å²) in [7, 11) is 0. The average Bonchev–Trinajstić information content (AvgIpc) is 3.41. The summed E-state index contributed by atoms with van der Waals surface area (Å²) < 4.78 is 0. The van der Waals surface area contributed by atoms with Gasteiger partial charge in [0, 0.05) is 23.2 Å². The molecule has 1 saturated carbocycles. The highest BCUT2D eigenvalue weighted by molar-refractivity contribution is 6.06. The molecule has 2 aromatic rings. The van der Waals surface area contributed by atoms with Gasteiger partial charge in [0.15, 0.2) is 0 Å². The van der Waals surface area contributed by atoms with Crippen LogP contribution in [0.5, 0.6) is 0 Å². The van der Waals surface area contributed by atoms with E-state index < -0.39 is 10.8 Å². The number of carbonyl (C=O) groups is 2. The lowest BCUT2D eigenvalue weighted by atomic mass is 10.1. The Morgan fingerprint density at radius 1 is 1.12 bits per heavy atom. The number of nitrogens with one attached hydrogen (secondary N) is 2. The van der Waals surface area contributed by atoms with Gasteiger partial charge in [-0.15, -0.1) is 0 Å². The topological polar surface area (TPSA) is 101 Å². The monoisotopic (exact) mass is 339 g/mol. The van der Waals surface area contributed by atoms with Crippen LogP contribution in [0, 0.1) is 23.0 Å². The maximum atomic E-state index is 12.4. The van der Waals surface area contributed by atoms with Gasteiger partial charge in [-0.05, 0) is 44.0 Å². The fraction of sp³-hybridized carbons (Fsp3) is 0.222. The second-order valence-corrected chi connectivity index (χ2v) is 6.01. The molecule has 2 N–H and O–H groups in total. The molecule has 2 amide bonds. The van der Waals surface area contributed by atoms with Crippen molar-refractivity contribution in [1.29, 1.82) is 0 Å². The third-order valence-corrected chi connectivity index (χ3v) is 4.09. The third-order valence-electron chi connectivity index (χ3n) is 4.09. The van der Waals surface area contributed by atoms with Crippen molar-refractivity contribution in [3.05, 3.63) is 63.7 Å². The number of nitrogens with zero attached hydrogens (tertiary/aromatic N) is 1. The molecule has 0 spiro atoms. The van der Waals surface area contributed by atoms with Gasteiger partial charge in [-0.3, -0.25) is 19.7 Å². The van der Waals surface area contributed by atoms with E-state index in [9.17, 15) is 19.7 Å². The number of hydrogen-bond acceptors (Lipinski definition) is 4. The molecule has 0 aromatic heterocycles. The minimum atomic E-state index is -0.487. The molecular formula is C18H17N3O4. The third kappa shape index (κ3) is 3.82. The molecule has 128 valence electrons. The molecule has 0 heterocycles. The summed E-state index contributed by atoms with van der Waals surface area (Å²) in [6.07, 6.45) is 1.80. The number of amides is 2. The Balaban J connectivity index is 1.76. The molecule has 0 aliphatic heterocycles. The number of nitro groups is 1. The summed E-state index contributed by atoms with van der Waals surface area (Å²) in [5.41, 5.74) is 1.63. The van der Waals surface area contributed by atoms with Crippen molar-refractivity contribution in [1.82, 2.24) is 0 Å². The van der Waals surface area contributed by atoms with Gasteiger partial charge in [-0.1, -0.05) is 12.1 Å². The molecule has 25 heavy (non-hydrogen) atoms. The van der Waals surface area contributed by atoms with E-state index >= 15 is 0 Å². The molecule has 0 saturated heterocycles. The van der Waals surface area contributed by atoms with Gasteiger partial charge in [0.25, 0.3) is 11.6 Å². The largest absolute Gasteiger partial charge is 0.326 e. The highest BCUT2D eigenvalue weighted by Crippen LogP contribution is 2.30. The zero-order valence-electron chi connectivity index (χ0n) is 13.6. The van der Waals surface area contributed by atoms with Crippen LogP contribution < -0.4 is 10.6 Å². The lowest BCUT2D eigenvalue weighted by Gasteiger charge is -2.10. The minimum Gasteiger partial charge on any atom is -0.326 e. The van der Waals surface area contributed by atoms with Crippen LogP contribution in [-0.2, 0) is 4.79 Å². The second-order valence-electron chi connectivity index (χ2n) is 6.01. The Hall–Kier alpha value is -3.22. The molecule has 1 fully saturated rings. The molecule has 3 rings (SSSR count). The van der Waals surface area contributed by atoms with Gasteiger partial charge in [0.2, 0.25) is 5.91 Å². The van der Waals surface area contributed by atoms with Gasteiger partial charge >= 0.3 is 0 Å². The van der Waals surface area contributed by atoms with Gasteiger partial charge in [0.1, 0.15) is 0 Å². The summed E-state index contributed by atoms with van der Waals surface area (Å²) in [5, 5.41) is 16.5. The van der Waals surface area contributed by atoms with Gasteiger partial charge in [-0.25, -0.2) is 0 Å². The fourth-order valence-electron chi connectivity index (χ4n) is 2.48. The minimum absolute atomic E-state index is 0.0351. The number of anilines is 2. The molecule has 2 aromatic carbocycles. The van der Waals surface area contributed by atoms with Crippen molar-refractivity contribution < 1.29 is 14.5 Å². The van der Waals surface area contributed by atoms with Gasteiger partial charge in [-0.2, -0.15) is 0 Å². The van der Waals surface area contributed by atoms with E-state index in [2.05, 4.69) is 10.6 Å². The van der Waals surface area contributed by atoms with Gasteiger partial charge in [0.05, 0.1) is 16.2 Å². The first-order chi connectivity index (χ1) is 12.0. The fourth-order valence-corrected chi connectivity index (χ4v) is 2.48. The van der Waals surface area contributed by atoms with Crippen LogP contribution in [0.15, 0.2) is 42.5 Å². The normalized spacial score (nSPS) is 13.2. The van der Waals surface area contributed by atoms with Crippen molar-refractivity contribution in [3.63, 3.8) is 0 Å². The summed E-state index contributed by atoms with van der Waals surface area (Å²) >= 11 is 0. The predicted molar refractivity (Wildman–Crippen MR) is 93.6 cm³/mol. The predicted octanol–water partition coefficient (Wildman–Crippen LogP) is 3.50. The van der Waals surface area contributed by atoms with E-state index in [4.69, 9.17) is 0 Å². The number of nitro benzene ring substituents is 1. The molecule has 0 radical (unpaired) electrons. The first-order valence-electron chi connectivity index (χ1n) is 7.92. The zero-order valence-corrected chi connectivity index (χ0v) is 13.6. The Labute approximate surface area is 144 Å². The lowest BCUT2D eigenvalue weighted by Crippen LogP contribution is -2.16. The van der Waals surface area contributed by atoms with Crippen LogP contribution in [0.4, 0.5) is 17.1 Å². The smallest absolute Gasteiger partial charge is 0.274 e. The van der Waals surface area contributed by atoms with Crippen molar-refractivity contribution in [2.24, 2.45) is 5.92 Å². The summed E-state index contributed by atoms with van der Waals surface area (Å²) in [4.78, 5) is 34.8. The molecular weight excluding hydrogens is 322 g/mol. The van der Waals surface area contributed by atoms with Crippen LogP contribution >= 0.6 is 0 Å². The Morgan fingerprint density at radius 2 is 1.84 bits per heavy atom. The van der Waals surface area contributed by atoms with Crippen LogP contribution in [0.2, 0.25) is 0 Å². The quantitative estimate of drug-likeness (QED) is 0.643. The standard InChI is InChI=1S/C18H17N3O4/c1-11-15(6-3-7-16(11)21(24)25)20-18(23)13-4-2-5-14(10-13)19-17(22)12-8-9-12/h2-7,10,12H,8-9H2,1H3,(H,19,22)(H,20,23). The van der Waals surface area contributed by atoms with E-state index in [1.807, 2.05) is 0 Å². The van der Waals surface area contributed by atoms with E-state index in [-0.39, 0.29) is 17.5 Å². The molecule has 0 unspecified atom stereocenters. The number of benzene rings is 2. The maximum absolute atomic E-state index is 12.4. The van der Waals surface area contributed by atoms with Crippen LogP contribution in [0.1, 0.15) is 28.8 Å². The van der Waals surface area contributed by atoms with Crippen molar-refractivity contribution in [2.75, 3.05) is 10.6 Å². The summed E-state index contributed by atoms with van der Waals surface area (Å²) in [5.74, 6) is -0.358. The SMILES string of the molecule is Cc1c(NC(=O)c2cccc(NC(=O)C3CC3)c2)cccc1[N+](=O)[O-]. The average molecular weight is 339 g/mol. The summed E-state index contributed by atoms with van der Waals surface area (Å²) in [6, 6.07) is 11.1. The van der Waals surface area contributed by atoms with Crippen molar-refractivity contribution >= 4 is 28.9 Å². The Kier molecular flexibility index (Phi) is 4.47. The zero-order chi connectivity index (χ0) is 18.0. The van der Waals surface area contributed by atoms with Crippen LogP contribution in [0.3, 0.4) is 0 Å². The van der Waals surface area contributed by atoms with E-state index in [1.54, 1.807) is 37.3 Å².